The SMILES string of the molecule is C(=C\c1c2ccccc2cc2ccccc12)/c1ccc(-c2nnc(-c3ccc(-c4ccccc4)cc3)o2)cc1. The monoisotopic (exact) mass is 500 g/mol. The molecule has 0 unspecified atom stereocenters. The van der Waals surface area contributed by atoms with Crippen LogP contribution in [0.15, 0.2) is 138 Å². The number of aromatic nitrogens is 2. The van der Waals surface area contributed by atoms with Crippen LogP contribution in [0.3, 0.4) is 0 Å². The predicted octanol–water partition coefficient (Wildman–Crippen LogP) is 9.55. The molecule has 0 amide bonds. The van der Waals surface area contributed by atoms with Gasteiger partial charge in [-0.05, 0) is 74.1 Å². The molecule has 1 heterocycles. The lowest BCUT2D eigenvalue weighted by Gasteiger charge is -2.08. The summed E-state index contributed by atoms with van der Waals surface area (Å²) in [5, 5.41) is 13.6. The Morgan fingerprint density at radius 3 is 1.54 bits per heavy atom. The molecular weight excluding hydrogens is 476 g/mol. The molecule has 0 saturated heterocycles. The minimum atomic E-state index is 0.507. The van der Waals surface area contributed by atoms with Gasteiger partial charge in [0.2, 0.25) is 11.8 Å². The fraction of sp³-hybridized carbons (Fsp3) is 0. The lowest BCUT2D eigenvalue weighted by molar-refractivity contribution is 0.584. The molecule has 6 aromatic carbocycles. The fourth-order valence-corrected chi connectivity index (χ4v) is 5.04. The highest BCUT2D eigenvalue weighted by Gasteiger charge is 2.11. The number of nitrogens with zero attached hydrogens (tertiary/aromatic N) is 2. The van der Waals surface area contributed by atoms with E-state index >= 15 is 0 Å². The summed E-state index contributed by atoms with van der Waals surface area (Å²) in [5.41, 5.74) is 6.45. The molecule has 39 heavy (non-hydrogen) atoms. The summed E-state index contributed by atoms with van der Waals surface area (Å²) in [5.74, 6) is 1.02. The Balaban J connectivity index is 1.14. The Morgan fingerprint density at radius 2 is 0.923 bits per heavy atom. The number of benzene rings is 6. The quantitative estimate of drug-likeness (QED) is 0.174. The maximum atomic E-state index is 6.03. The van der Waals surface area contributed by atoms with Crippen LogP contribution in [0.2, 0.25) is 0 Å². The molecule has 0 bridgehead atoms. The summed E-state index contributed by atoms with van der Waals surface area (Å²) in [6.45, 7) is 0. The maximum Gasteiger partial charge on any atom is 0.248 e. The molecule has 1 aromatic heterocycles. The first-order valence-electron chi connectivity index (χ1n) is 13.0. The standard InChI is InChI=1S/C36H24N2O/c1-2-8-26(9-3-1)27-19-21-29(22-20-27)36-38-37-35(39-36)28-17-14-25(15-18-28)16-23-34-32-12-6-4-10-30(32)24-31-11-5-7-13-33(31)34/h1-24H/b23-16+. The third kappa shape index (κ3) is 4.51. The number of fused-ring (bicyclic) bond motifs is 2. The second kappa shape index (κ2) is 9.88. The first-order chi connectivity index (χ1) is 19.3. The van der Waals surface area contributed by atoms with E-state index in [1.54, 1.807) is 0 Å². The van der Waals surface area contributed by atoms with Crippen LogP contribution in [0.5, 0.6) is 0 Å². The van der Waals surface area contributed by atoms with Crippen LogP contribution in [0.1, 0.15) is 11.1 Å². The average Bonchev–Trinajstić information content (AvgIpc) is 3.51. The van der Waals surface area contributed by atoms with Gasteiger partial charge >= 0.3 is 0 Å². The highest BCUT2D eigenvalue weighted by molar-refractivity contribution is 6.07. The second-order valence-electron chi connectivity index (χ2n) is 9.54. The molecule has 0 fully saturated rings. The van der Waals surface area contributed by atoms with Gasteiger partial charge in [-0.3, -0.25) is 0 Å². The zero-order valence-corrected chi connectivity index (χ0v) is 21.2. The van der Waals surface area contributed by atoms with Crippen molar-refractivity contribution >= 4 is 33.7 Å². The van der Waals surface area contributed by atoms with E-state index in [0.717, 1.165) is 22.3 Å². The highest BCUT2D eigenvalue weighted by atomic mass is 16.4. The Labute approximate surface area is 226 Å². The topological polar surface area (TPSA) is 38.9 Å². The maximum absolute atomic E-state index is 6.03. The summed E-state index contributed by atoms with van der Waals surface area (Å²) in [7, 11) is 0. The van der Waals surface area contributed by atoms with E-state index in [4.69, 9.17) is 4.42 Å². The Morgan fingerprint density at radius 1 is 0.436 bits per heavy atom. The summed E-state index contributed by atoms with van der Waals surface area (Å²) in [4.78, 5) is 0. The highest BCUT2D eigenvalue weighted by Crippen LogP contribution is 2.31. The zero-order valence-electron chi connectivity index (χ0n) is 21.2. The third-order valence-corrected chi connectivity index (χ3v) is 7.08. The van der Waals surface area contributed by atoms with E-state index < -0.39 is 0 Å². The molecular formula is C36H24N2O. The van der Waals surface area contributed by atoms with Crippen molar-refractivity contribution < 1.29 is 4.42 Å². The van der Waals surface area contributed by atoms with Gasteiger partial charge in [0.1, 0.15) is 0 Å². The number of hydrogen-bond donors (Lipinski definition) is 0. The lowest BCUT2D eigenvalue weighted by atomic mass is 9.96. The van der Waals surface area contributed by atoms with Gasteiger partial charge in [-0.2, -0.15) is 0 Å². The van der Waals surface area contributed by atoms with Gasteiger partial charge in [0.25, 0.3) is 0 Å². The van der Waals surface area contributed by atoms with E-state index in [1.165, 1.54) is 32.7 Å². The van der Waals surface area contributed by atoms with Gasteiger partial charge in [-0.1, -0.05) is 115 Å². The van der Waals surface area contributed by atoms with Crippen LogP contribution in [0.25, 0.3) is 67.7 Å². The van der Waals surface area contributed by atoms with Crippen molar-refractivity contribution in [3.05, 3.63) is 145 Å². The van der Waals surface area contributed by atoms with Crippen molar-refractivity contribution in [2.75, 3.05) is 0 Å². The van der Waals surface area contributed by atoms with Crippen molar-refractivity contribution in [1.82, 2.24) is 10.2 Å². The first-order valence-corrected chi connectivity index (χ1v) is 13.0. The van der Waals surface area contributed by atoms with Crippen molar-refractivity contribution in [3.8, 4) is 34.0 Å². The molecule has 184 valence electrons. The Kier molecular flexibility index (Phi) is 5.80. The van der Waals surface area contributed by atoms with Gasteiger partial charge in [-0.15, -0.1) is 10.2 Å². The van der Waals surface area contributed by atoms with Crippen LogP contribution in [0, 0.1) is 0 Å². The van der Waals surface area contributed by atoms with E-state index in [2.05, 4.69) is 113 Å². The van der Waals surface area contributed by atoms with Crippen molar-refractivity contribution in [2.45, 2.75) is 0 Å². The normalized spacial score (nSPS) is 11.5. The molecule has 0 aliphatic carbocycles. The minimum Gasteiger partial charge on any atom is -0.416 e. The van der Waals surface area contributed by atoms with Gasteiger partial charge in [-0.25, -0.2) is 0 Å². The molecule has 0 radical (unpaired) electrons. The third-order valence-electron chi connectivity index (χ3n) is 7.08. The van der Waals surface area contributed by atoms with E-state index in [9.17, 15) is 0 Å². The van der Waals surface area contributed by atoms with Crippen molar-refractivity contribution in [3.63, 3.8) is 0 Å². The van der Waals surface area contributed by atoms with Crippen LogP contribution in [-0.2, 0) is 0 Å². The number of hydrogen-bond acceptors (Lipinski definition) is 3. The molecule has 0 spiro atoms. The average molecular weight is 501 g/mol. The van der Waals surface area contributed by atoms with Crippen LogP contribution >= 0.6 is 0 Å². The van der Waals surface area contributed by atoms with E-state index in [0.29, 0.717) is 11.8 Å². The Bertz CT molecular complexity index is 1880. The molecule has 0 aliphatic heterocycles. The summed E-state index contributed by atoms with van der Waals surface area (Å²) < 4.78 is 6.03. The first kappa shape index (κ1) is 22.9. The van der Waals surface area contributed by atoms with Crippen molar-refractivity contribution in [1.29, 1.82) is 0 Å². The summed E-state index contributed by atoms with van der Waals surface area (Å²) in [6.07, 6.45) is 4.37. The van der Waals surface area contributed by atoms with Gasteiger partial charge in [0.15, 0.2) is 0 Å². The molecule has 0 N–H and O–H groups in total. The smallest absolute Gasteiger partial charge is 0.248 e. The predicted molar refractivity (Wildman–Crippen MR) is 161 cm³/mol. The molecule has 3 nitrogen and oxygen atoms in total. The lowest BCUT2D eigenvalue weighted by Crippen LogP contribution is -1.83. The van der Waals surface area contributed by atoms with Crippen molar-refractivity contribution in [2.24, 2.45) is 0 Å². The fourth-order valence-electron chi connectivity index (χ4n) is 5.04. The second-order valence-corrected chi connectivity index (χ2v) is 9.54. The summed E-state index contributed by atoms with van der Waals surface area (Å²) in [6, 6.07) is 46.1. The summed E-state index contributed by atoms with van der Waals surface area (Å²) >= 11 is 0. The molecule has 7 rings (SSSR count). The van der Waals surface area contributed by atoms with Crippen LogP contribution < -0.4 is 0 Å². The van der Waals surface area contributed by atoms with Gasteiger partial charge < -0.3 is 4.42 Å². The van der Waals surface area contributed by atoms with Gasteiger partial charge in [0, 0.05) is 11.1 Å². The van der Waals surface area contributed by atoms with E-state index in [1.807, 2.05) is 42.5 Å². The van der Waals surface area contributed by atoms with Gasteiger partial charge in [0.05, 0.1) is 0 Å². The molecule has 0 atom stereocenters. The molecule has 0 aliphatic rings. The molecule has 7 aromatic rings. The number of rotatable bonds is 5. The van der Waals surface area contributed by atoms with Crippen LogP contribution in [0.4, 0.5) is 0 Å². The minimum absolute atomic E-state index is 0.507. The molecule has 3 heteroatoms. The largest absolute Gasteiger partial charge is 0.416 e. The molecule has 0 saturated carbocycles. The van der Waals surface area contributed by atoms with Crippen LogP contribution in [-0.4, -0.2) is 10.2 Å². The Hall–Kier alpha value is -5.28. The van der Waals surface area contributed by atoms with E-state index in [-0.39, 0.29) is 0 Å². The zero-order chi connectivity index (χ0) is 26.0.